The van der Waals surface area contributed by atoms with Gasteiger partial charge in [-0.05, 0) is 29.8 Å². The topological polar surface area (TPSA) is 84.3 Å². The van der Waals surface area contributed by atoms with Crippen LogP contribution in [0.5, 0.6) is 5.75 Å². The number of azide groups is 1. The van der Waals surface area contributed by atoms with E-state index >= 15 is 0 Å². The van der Waals surface area contributed by atoms with E-state index in [1.807, 2.05) is 0 Å². The standard InChI is InChI=1S/C11H10BrN3O3/c1-17-10-4-3-8(12)5-7(10)6-9(14-15-13)11(16)18-2/h3-6H,1-2H3/b9-6-. The molecule has 0 bridgehead atoms. The van der Waals surface area contributed by atoms with Crippen molar-refractivity contribution in [2.24, 2.45) is 5.11 Å². The van der Waals surface area contributed by atoms with Gasteiger partial charge in [0.1, 0.15) is 11.4 Å². The van der Waals surface area contributed by atoms with E-state index in [9.17, 15) is 4.79 Å². The van der Waals surface area contributed by atoms with Gasteiger partial charge in [-0.25, -0.2) is 4.79 Å². The van der Waals surface area contributed by atoms with Crippen molar-refractivity contribution in [1.82, 2.24) is 0 Å². The normalized spacial score (nSPS) is 10.5. The Kier molecular flexibility index (Phi) is 5.23. The Labute approximate surface area is 112 Å². The molecular weight excluding hydrogens is 302 g/mol. The number of hydrogen-bond acceptors (Lipinski definition) is 4. The van der Waals surface area contributed by atoms with Gasteiger partial charge in [0.2, 0.25) is 0 Å². The highest BCUT2D eigenvalue weighted by molar-refractivity contribution is 9.10. The minimum Gasteiger partial charge on any atom is -0.496 e. The van der Waals surface area contributed by atoms with Gasteiger partial charge in [0.05, 0.1) is 14.2 Å². The first-order valence-corrected chi connectivity index (χ1v) is 5.60. The minimum atomic E-state index is -0.713. The first-order chi connectivity index (χ1) is 8.62. The van der Waals surface area contributed by atoms with E-state index in [1.54, 1.807) is 18.2 Å². The molecular formula is C11H10BrN3O3. The van der Waals surface area contributed by atoms with Crippen LogP contribution in [0.25, 0.3) is 16.5 Å². The highest BCUT2D eigenvalue weighted by atomic mass is 79.9. The maximum absolute atomic E-state index is 11.4. The summed E-state index contributed by atoms with van der Waals surface area (Å²) in [5.41, 5.74) is 8.86. The number of hydrogen-bond donors (Lipinski definition) is 0. The van der Waals surface area contributed by atoms with Crippen molar-refractivity contribution in [2.75, 3.05) is 14.2 Å². The predicted molar refractivity (Wildman–Crippen MR) is 69.8 cm³/mol. The van der Waals surface area contributed by atoms with E-state index in [1.165, 1.54) is 20.3 Å². The highest BCUT2D eigenvalue weighted by Crippen LogP contribution is 2.25. The fourth-order valence-electron chi connectivity index (χ4n) is 1.25. The third-order valence-electron chi connectivity index (χ3n) is 2.03. The molecule has 7 heteroatoms. The fraction of sp³-hybridized carbons (Fsp3) is 0.182. The van der Waals surface area contributed by atoms with Crippen LogP contribution in [0.15, 0.2) is 33.5 Å². The van der Waals surface area contributed by atoms with E-state index in [0.717, 1.165) is 4.47 Å². The van der Waals surface area contributed by atoms with Crippen LogP contribution >= 0.6 is 15.9 Å². The molecule has 0 unspecified atom stereocenters. The maximum Gasteiger partial charge on any atom is 0.340 e. The van der Waals surface area contributed by atoms with E-state index in [2.05, 4.69) is 30.7 Å². The Morgan fingerprint density at radius 3 is 2.78 bits per heavy atom. The van der Waals surface area contributed by atoms with Gasteiger partial charge < -0.3 is 9.47 Å². The molecule has 0 aliphatic heterocycles. The van der Waals surface area contributed by atoms with Crippen molar-refractivity contribution in [3.8, 4) is 5.75 Å². The Balaban J connectivity index is 3.30. The monoisotopic (exact) mass is 311 g/mol. The Hall–Kier alpha value is -1.98. The summed E-state index contributed by atoms with van der Waals surface area (Å²) >= 11 is 3.30. The number of benzene rings is 1. The average molecular weight is 312 g/mol. The number of ether oxygens (including phenoxy) is 2. The zero-order chi connectivity index (χ0) is 13.5. The van der Waals surface area contributed by atoms with Crippen molar-refractivity contribution in [2.45, 2.75) is 0 Å². The average Bonchev–Trinajstić information content (AvgIpc) is 2.37. The van der Waals surface area contributed by atoms with Gasteiger partial charge in [-0.2, -0.15) is 0 Å². The lowest BCUT2D eigenvalue weighted by atomic mass is 10.1. The zero-order valence-corrected chi connectivity index (χ0v) is 11.3. The highest BCUT2D eigenvalue weighted by Gasteiger charge is 2.09. The number of methoxy groups -OCH3 is 2. The molecule has 0 atom stereocenters. The molecule has 0 aliphatic rings. The smallest absolute Gasteiger partial charge is 0.340 e. The zero-order valence-electron chi connectivity index (χ0n) is 9.75. The number of esters is 1. The summed E-state index contributed by atoms with van der Waals surface area (Å²) < 4.78 is 10.5. The van der Waals surface area contributed by atoms with Crippen LogP contribution in [-0.2, 0) is 9.53 Å². The van der Waals surface area contributed by atoms with Crippen molar-refractivity contribution >= 4 is 28.0 Å². The molecule has 0 heterocycles. The van der Waals surface area contributed by atoms with Crippen LogP contribution < -0.4 is 4.74 Å². The van der Waals surface area contributed by atoms with Crippen molar-refractivity contribution < 1.29 is 14.3 Å². The molecule has 1 rings (SSSR count). The third kappa shape index (κ3) is 3.51. The molecule has 1 aromatic rings. The summed E-state index contributed by atoms with van der Waals surface area (Å²) in [5, 5.41) is 3.29. The third-order valence-corrected chi connectivity index (χ3v) is 2.52. The molecule has 1 aromatic carbocycles. The van der Waals surface area contributed by atoms with Gasteiger partial charge in [0.25, 0.3) is 0 Å². The second-order valence-electron chi connectivity index (χ2n) is 3.10. The van der Waals surface area contributed by atoms with Crippen molar-refractivity contribution in [1.29, 1.82) is 0 Å². The van der Waals surface area contributed by atoms with Crippen LogP contribution in [0.2, 0.25) is 0 Å². The summed E-state index contributed by atoms with van der Waals surface area (Å²) in [6.45, 7) is 0. The lowest BCUT2D eigenvalue weighted by Crippen LogP contribution is -2.02. The summed E-state index contributed by atoms with van der Waals surface area (Å²) in [6, 6.07) is 5.25. The quantitative estimate of drug-likeness (QED) is 0.281. The van der Waals surface area contributed by atoms with Gasteiger partial charge in [-0.15, -0.1) is 0 Å². The first-order valence-electron chi connectivity index (χ1n) is 4.81. The number of nitrogens with zero attached hydrogens (tertiary/aromatic N) is 3. The lowest BCUT2D eigenvalue weighted by Gasteiger charge is -2.06. The molecule has 0 spiro atoms. The minimum absolute atomic E-state index is 0.142. The van der Waals surface area contributed by atoms with Crippen molar-refractivity contribution in [3.05, 3.63) is 44.4 Å². The van der Waals surface area contributed by atoms with Crippen LogP contribution in [0, 0.1) is 0 Å². The molecule has 0 fully saturated rings. The molecule has 0 aliphatic carbocycles. The second kappa shape index (κ2) is 6.68. The molecule has 0 amide bonds. The Morgan fingerprint density at radius 2 is 2.22 bits per heavy atom. The SMILES string of the molecule is COC(=O)/C(=C/c1cc(Br)ccc1OC)N=[N+]=[N-]. The Morgan fingerprint density at radius 1 is 1.50 bits per heavy atom. The van der Waals surface area contributed by atoms with E-state index in [4.69, 9.17) is 10.3 Å². The molecule has 0 radical (unpaired) electrons. The summed E-state index contributed by atoms with van der Waals surface area (Å²) in [6.07, 6.45) is 1.40. The summed E-state index contributed by atoms with van der Waals surface area (Å²) in [7, 11) is 2.72. The van der Waals surface area contributed by atoms with Crippen LogP contribution in [0.3, 0.4) is 0 Å². The van der Waals surface area contributed by atoms with E-state index in [-0.39, 0.29) is 5.70 Å². The maximum atomic E-state index is 11.4. The van der Waals surface area contributed by atoms with Crippen molar-refractivity contribution in [3.63, 3.8) is 0 Å². The molecule has 0 aromatic heterocycles. The van der Waals surface area contributed by atoms with Gasteiger partial charge in [-0.1, -0.05) is 21.0 Å². The largest absolute Gasteiger partial charge is 0.496 e. The first kappa shape index (κ1) is 14.1. The molecule has 6 nitrogen and oxygen atoms in total. The Bertz CT molecular complexity index is 536. The van der Waals surface area contributed by atoms with Gasteiger partial charge in [0.15, 0.2) is 0 Å². The predicted octanol–water partition coefficient (Wildman–Crippen LogP) is 3.28. The van der Waals surface area contributed by atoms with Crippen LogP contribution in [0.4, 0.5) is 0 Å². The summed E-state index contributed by atoms with van der Waals surface area (Å²) in [4.78, 5) is 14.0. The van der Waals surface area contributed by atoms with Gasteiger partial charge >= 0.3 is 5.97 Å². The number of carbonyl (C=O) groups excluding carboxylic acids is 1. The molecule has 0 saturated heterocycles. The summed E-state index contributed by atoms with van der Waals surface area (Å²) in [5.74, 6) is -0.164. The number of carbonyl (C=O) groups is 1. The van der Waals surface area contributed by atoms with Gasteiger partial charge in [-0.3, -0.25) is 0 Å². The lowest BCUT2D eigenvalue weighted by molar-refractivity contribution is -0.136. The number of rotatable bonds is 4. The second-order valence-corrected chi connectivity index (χ2v) is 4.01. The van der Waals surface area contributed by atoms with Crippen LogP contribution in [0.1, 0.15) is 5.56 Å². The number of halogens is 1. The fourth-order valence-corrected chi connectivity index (χ4v) is 1.63. The van der Waals surface area contributed by atoms with E-state index < -0.39 is 5.97 Å². The molecule has 94 valence electrons. The molecule has 18 heavy (non-hydrogen) atoms. The van der Waals surface area contributed by atoms with E-state index in [0.29, 0.717) is 11.3 Å². The molecule has 0 N–H and O–H groups in total. The van der Waals surface area contributed by atoms with Crippen LogP contribution in [-0.4, -0.2) is 20.2 Å². The molecule has 0 saturated carbocycles. The van der Waals surface area contributed by atoms with Gasteiger partial charge in [0, 0.05) is 14.9 Å².